The number of hydrogen-bond donors (Lipinski definition) is 1. The molecule has 1 unspecified atom stereocenters. The van der Waals surface area contributed by atoms with Gasteiger partial charge in [0, 0.05) is 31.0 Å². The van der Waals surface area contributed by atoms with Crippen LogP contribution in [0.4, 0.5) is 0 Å². The molecule has 0 aromatic carbocycles. The summed E-state index contributed by atoms with van der Waals surface area (Å²) in [6.07, 6.45) is 2.20. The van der Waals surface area contributed by atoms with Gasteiger partial charge in [0.25, 0.3) is 0 Å². The fourth-order valence-corrected chi connectivity index (χ4v) is 3.17. The van der Waals surface area contributed by atoms with Crippen LogP contribution in [-0.2, 0) is 19.5 Å². The van der Waals surface area contributed by atoms with E-state index in [1.165, 1.54) is 12.0 Å². The van der Waals surface area contributed by atoms with Crippen molar-refractivity contribution >= 4 is 0 Å². The molecule has 0 saturated heterocycles. The van der Waals surface area contributed by atoms with Crippen molar-refractivity contribution in [3.05, 3.63) is 28.7 Å². The summed E-state index contributed by atoms with van der Waals surface area (Å²) >= 11 is 0. The number of fused-ring (bicyclic) bond motifs is 1. The Morgan fingerprint density at radius 2 is 2.14 bits per heavy atom. The normalized spacial score (nSPS) is 18.0. The molecule has 2 aromatic heterocycles. The summed E-state index contributed by atoms with van der Waals surface area (Å²) < 4.78 is 7.52. The number of rotatable bonds is 5. The van der Waals surface area contributed by atoms with Crippen LogP contribution in [0.3, 0.4) is 0 Å². The van der Waals surface area contributed by atoms with E-state index in [9.17, 15) is 0 Å². The molecule has 6 heteroatoms. The molecular weight excluding hydrogens is 278 g/mol. The van der Waals surface area contributed by atoms with Gasteiger partial charge in [0.1, 0.15) is 17.4 Å². The van der Waals surface area contributed by atoms with Gasteiger partial charge >= 0.3 is 0 Å². The maximum absolute atomic E-state index is 5.21. The minimum absolute atomic E-state index is 0.426. The second kappa shape index (κ2) is 6.20. The van der Waals surface area contributed by atoms with Gasteiger partial charge in [0.05, 0.1) is 5.69 Å². The lowest BCUT2D eigenvalue weighted by molar-refractivity contribution is 0.339. The van der Waals surface area contributed by atoms with Gasteiger partial charge in [-0.05, 0) is 32.7 Å². The van der Waals surface area contributed by atoms with Crippen molar-refractivity contribution in [2.24, 2.45) is 5.92 Å². The third kappa shape index (κ3) is 2.92. The smallest absolute Gasteiger partial charge is 0.138 e. The highest BCUT2D eigenvalue weighted by molar-refractivity contribution is 5.20. The Balaban J connectivity index is 1.58. The first-order chi connectivity index (χ1) is 10.6. The summed E-state index contributed by atoms with van der Waals surface area (Å²) in [4.78, 5) is 0. The molecule has 1 aliphatic rings. The number of hydrogen-bond acceptors (Lipinski definition) is 5. The van der Waals surface area contributed by atoms with Gasteiger partial charge in [-0.25, -0.2) is 0 Å². The molecule has 0 amide bonds. The Hall–Kier alpha value is -1.69. The Labute approximate surface area is 131 Å². The van der Waals surface area contributed by atoms with Gasteiger partial charge in [0.15, 0.2) is 0 Å². The standard InChI is InChI=1S/C16H25N5O/c1-10(2)16-19-18-15-6-5-13(9-21(15)16)7-17-8-14-11(3)20-22-12(14)4/h10,13,17H,5-9H2,1-4H3. The van der Waals surface area contributed by atoms with Crippen molar-refractivity contribution in [2.45, 2.75) is 59.5 Å². The molecule has 3 heterocycles. The van der Waals surface area contributed by atoms with Crippen LogP contribution in [0.1, 0.15) is 54.9 Å². The van der Waals surface area contributed by atoms with Gasteiger partial charge in [-0.3, -0.25) is 0 Å². The number of nitrogens with one attached hydrogen (secondary N) is 1. The summed E-state index contributed by atoms with van der Waals surface area (Å²) in [6, 6.07) is 0. The molecule has 6 nitrogen and oxygen atoms in total. The molecule has 22 heavy (non-hydrogen) atoms. The van der Waals surface area contributed by atoms with Crippen molar-refractivity contribution in [3.63, 3.8) is 0 Å². The van der Waals surface area contributed by atoms with Crippen molar-refractivity contribution < 1.29 is 4.52 Å². The minimum atomic E-state index is 0.426. The van der Waals surface area contributed by atoms with Crippen LogP contribution in [0.15, 0.2) is 4.52 Å². The molecule has 1 aliphatic heterocycles. The fraction of sp³-hybridized carbons (Fsp3) is 0.688. The van der Waals surface area contributed by atoms with E-state index >= 15 is 0 Å². The number of nitrogens with zero attached hydrogens (tertiary/aromatic N) is 4. The quantitative estimate of drug-likeness (QED) is 0.918. The zero-order valence-corrected chi connectivity index (χ0v) is 13.9. The van der Waals surface area contributed by atoms with Crippen molar-refractivity contribution in [1.82, 2.24) is 25.2 Å². The molecule has 0 fully saturated rings. The summed E-state index contributed by atoms with van der Waals surface area (Å²) in [7, 11) is 0. The van der Waals surface area contributed by atoms with Gasteiger partial charge in [-0.2, -0.15) is 0 Å². The van der Waals surface area contributed by atoms with E-state index in [0.717, 1.165) is 49.2 Å². The molecule has 0 aliphatic carbocycles. The van der Waals surface area contributed by atoms with Crippen molar-refractivity contribution in [2.75, 3.05) is 6.54 Å². The molecule has 120 valence electrons. The van der Waals surface area contributed by atoms with E-state index in [1.54, 1.807) is 0 Å². The molecule has 0 bridgehead atoms. The van der Waals surface area contributed by atoms with Crippen LogP contribution < -0.4 is 5.32 Å². The Bertz CT molecular complexity index is 624. The fourth-order valence-electron chi connectivity index (χ4n) is 3.17. The molecule has 1 atom stereocenters. The third-order valence-corrected chi connectivity index (χ3v) is 4.51. The highest BCUT2D eigenvalue weighted by Gasteiger charge is 2.23. The number of aromatic nitrogens is 4. The Morgan fingerprint density at radius 1 is 1.32 bits per heavy atom. The maximum atomic E-state index is 5.21. The first-order valence-electron chi connectivity index (χ1n) is 8.10. The van der Waals surface area contributed by atoms with Gasteiger partial charge in [0.2, 0.25) is 0 Å². The molecule has 3 rings (SSSR count). The summed E-state index contributed by atoms with van der Waals surface area (Å²) in [5.74, 6) is 4.23. The topological polar surface area (TPSA) is 68.8 Å². The molecule has 0 spiro atoms. The SMILES string of the molecule is Cc1noc(C)c1CNCC1CCc2nnc(C(C)C)n2C1. The molecule has 0 saturated carbocycles. The number of aryl methyl sites for hydroxylation is 3. The van der Waals surface area contributed by atoms with E-state index in [2.05, 4.69) is 39.1 Å². The maximum Gasteiger partial charge on any atom is 0.138 e. The van der Waals surface area contributed by atoms with E-state index < -0.39 is 0 Å². The van der Waals surface area contributed by atoms with Crippen molar-refractivity contribution in [1.29, 1.82) is 0 Å². The predicted molar refractivity (Wildman–Crippen MR) is 83.6 cm³/mol. The summed E-state index contributed by atoms with van der Waals surface area (Å²) in [5, 5.41) is 16.2. The zero-order chi connectivity index (χ0) is 15.7. The Morgan fingerprint density at radius 3 is 2.82 bits per heavy atom. The van der Waals surface area contributed by atoms with Gasteiger partial charge in [-0.15, -0.1) is 10.2 Å². The summed E-state index contributed by atoms with van der Waals surface area (Å²) in [5.41, 5.74) is 2.17. The molecule has 1 N–H and O–H groups in total. The summed E-state index contributed by atoms with van der Waals surface area (Å²) in [6.45, 7) is 11.2. The van der Waals surface area contributed by atoms with Gasteiger partial charge < -0.3 is 14.4 Å². The monoisotopic (exact) mass is 303 g/mol. The highest BCUT2D eigenvalue weighted by atomic mass is 16.5. The van der Waals surface area contributed by atoms with E-state index in [4.69, 9.17) is 4.52 Å². The van der Waals surface area contributed by atoms with Crippen LogP contribution in [0.2, 0.25) is 0 Å². The lowest BCUT2D eigenvalue weighted by Crippen LogP contribution is -2.31. The molecule has 2 aromatic rings. The largest absolute Gasteiger partial charge is 0.361 e. The second-order valence-electron chi connectivity index (χ2n) is 6.58. The van der Waals surface area contributed by atoms with Crippen LogP contribution >= 0.6 is 0 Å². The van der Waals surface area contributed by atoms with Crippen LogP contribution in [0, 0.1) is 19.8 Å². The first kappa shape index (κ1) is 15.2. The lowest BCUT2D eigenvalue weighted by atomic mass is 9.98. The van der Waals surface area contributed by atoms with Gasteiger partial charge in [-0.1, -0.05) is 19.0 Å². The van der Waals surface area contributed by atoms with Crippen LogP contribution in [0.5, 0.6) is 0 Å². The van der Waals surface area contributed by atoms with E-state index in [-0.39, 0.29) is 0 Å². The van der Waals surface area contributed by atoms with Crippen LogP contribution in [0.25, 0.3) is 0 Å². The average Bonchev–Trinajstić information content (AvgIpc) is 3.04. The van der Waals surface area contributed by atoms with E-state index in [0.29, 0.717) is 11.8 Å². The van der Waals surface area contributed by atoms with Crippen LogP contribution in [-0.4, -0.2) is 26.5 Å². The second-order valence-corrected chi connectivity index (χ2v) is 6.58. The molecular formula is C16H25N5O. The minimum Gasteiger partial charge on any atom is -0.361 e. The molecule has 0 radical (unpaired) electrons. The zero-order valence-electron chi connectivity index (χ0n) is 13.9. The lowest BCUT2D eigenvalue weighted by Gasteiger charge is -2.25. The first-order valence-corrected chi connectivity index (χ1v) is 8.10. The third-order valence-electron chi connectivity index (χ3n) is 4.51. The Kier molecular flexibility index (Phi) is 4.29. The average molecular weight is 303 g/mol. The van der Waals surface area contributed by atoms with Crippen molar-refractivity contribution in [3.8, 4) is 0 Å². The van der Waals surface area contributed by atoms with E-state index in [1.807, 2.05) is 13.8 Å². The predicted octanol–water partition coefficient (Wildman–Crippen LogP) is 2.36. The highest BCUT2D eigenvalue weighted by Crippen LogP contribution is 2.23.